The predicted octanol–water partition coefficient (Wildman–Crippen LogP) is 1.98. The van der Waals surface area contributed by atoms with Crippen molar-refractivity contribution < 1.29 is 14.2 Å². The molecule has 1 saturated heterocycles. The third kappa shape index (κ3) is 7.31. The maximum atomic E-state index is 5.88. The van der Waals surface area contributed by atoms with Gasteiger partial charge in [0.2, 0.25) is 0 Å². The van der Waals surface area contributed by atoms with Gasteiger partial charge < -0.3 is 19.5 Å². The lowest BCUT2D eigenvalue weighted by atomic mass is 10.2. The van der Waals surface area contributed by atoms with Crippen LogP contribution < -0.4 is 5.32 Å². The smallest absolute Gasteiger partial charge is 0.0813 e. The van der Waals surface area contributed by atoms with Crippen molar-refractivity contribution in [3.8, 4) is 0 Å². The Kier molecular flexibility index (Phi) is 7.15. The average molecular weight is 259 g/mol. The van der Waals surface area contributed by atoms with Gasteiger partial charge in [-0.25, -0.2) is 0 Å². The molecule has 1 aliphatic heterocycles. The van der Waals surface area contributed by atoms with Gasteiger partial charge in [-0.15, -0.1) is 0 Å². The summed E-state index contributed by atoms with van der Waals surface area (Å²) in [6.45, 7) is 12.2. The summed E-state index contributed by atoms with van der Waals surface area (Å²) in [5.41, 5.74) is -0.0792. The zero-order valence-corrected chi connectivity index (χ0v) is 12.3. The van der Waals surface area contributed by atoms with Gasteiger partial charge in [0.15, 0.2) is 0 Å². The summed E-state index contributed by atoms with van der Waals surface area (Å²) >= 11 is 0. The molecule has 0 radical (unpaired) electrons. The van der Waals surface area contributed by atoms with Crippen molar-refractivity contribution in [3.05, 3.63) is 0 Å². The summed E-state index contributed by atoms with van der Waals surface area (Å²) in [4.78, 5) is 0. The van der Waals surface area contributed by atoms with Gasteiger partial charge in [0.25, 0.3) is 0 Å². The summed E-state index contributed by atoms with van der Waals surface area (Å²) < 4.78 is 17.1. The zero-order chi connectivity index (χ0) is 13.4. The van der Waals surface area contributed by atoms with E-state index in [0.717, 1.165) is 25.9 Å². The SMILES string of the molecule is CCNCC1CCC(COCCOC(C)(C)C)O1. The monoisotopic (exact) mass is 259 g/mol. The average Bonchev–Trinajstić information content (AvgIpc) is 2.72. The number of rotatable bonds is 8. The van der Waals surface area contributed by atoms with Gasteiger partial charge in [-0.3, -0.25) is 0 Å². The van der Waals surface area contributed by atoms with Gasteiger partial charge in [-0.2, -0.15) is 0 Å². The normalized spacial score (nSPS) is 24.7. The molecule has 0 aromatic carbocycles. The lowest BCUT2D eigenvalue weighted by molar-refractivity contribution is -0.0574. The number of ether oxygens (including phenoxy) is 3. The molecule has 1 fully saturated rings. The van der Waals surface area contributed by atoms with Crippen LogP contribution in [0.4, 0.5) is 0 Å². The Morgan fingerprint density at radius 2 is 1.89 bits per heavy atom. The molecule has 1 N–H and O–H groups in total. The van der Waals surface area contributed by atoms with E-state index in [-0.39, 0.29) is 11.7 Å². The van der Waals surface area contributed by atoms with Crippen molar-refractivity contribution in [2.75, 3.05) is 32.9 Å². The Hall–Kier alpha value is -0.160. The Labute approximate surface area is 111 Å². The molecule has 18 heavy (non-hydrogen) atoms. The molecule has 2 atom stereocenters. The lowest BCUT2D eigenvalue weighted by Crippen LogP contribution is -2.28. The second-order valence-electron chi connectivity index (χ2n) is 5.80. The van der Waals surface area contributed by atoms with Gasteiger partial charge >= 0.3 is 0 Å². The van der Waals surface area contributed by atoms with Crippen LogP contribution in [0.1, 0.15) is 40.5 Å². The number of nitrogens with one attached hydrogen (secondary N) is 1. The maximum absolute atomic E-state index is 5.88. The van der Waals surface area contributed by atoms with Crippen LogP contribution in [0, 0.1) is 0 Å². The van der Waals surface area contributed by atoms with E-state index in [2.05, 4.69) is 33.0 Å². The molecule has 1 rings (SSSR count). The van der Waals surface area contributed by atoms with Gasteiger partial charge in [-0.1, -0.05) is 6.92 Å². The van der Waals surface area contributed by atoms with E-state index in [4.69, 9.17) is 14.2 Å². The highest BCUT2D eigenvalue weighted by Gasteiger charge is 2.24. The fourth-order valence-electron chi connectivity index (χ4n) is 1.98. The zero-order valence-electron chi connectivity index (χ0n) is 12.3. The molecule has 0 spiro atoms. The Bertz CT molecular complexity index is 216. The van der Waals surface area contributed by atoms with E-state index in [0.29, 0.717) is 25.9 Å². The second kappa shape index (κ2) is 8.10. The van der Waals surface area contributed by atoms with Crippen molar-refractivity contribution in [2.24, 2.45) is 0 Å². The van der Waals surface area contributed by atoms with Crippen LogP contribution in [-0.4, -0.2) is 50.7 Å². The molecule has 0 aliphatic carbocycles. The first-order chi connectivity index (χ1) is 8.51. The molecule has 2 unspecified atom stereocenters. The van der Waals surface area contributed by atoms with Crippen molar-refractivity contribution in [2.45, 2.75) is 58.3 Å². The molecule has 4 nitrogen and oxygen atoms in total. The fraction of sp³-hybridized carbons (Fsp3) is 1.00. The van der Waals surface area contributed by atoms with E-state index in [1.54, 1.807) is 0 Å². The number of likely N-dealkylation sites (N-methyl/N-ethyl adjacent to an activating group) is 1. The standard InChI is InChI=1S/C14H29NO3/c1-5-15-10-12-6-7-13(18-12)11-16-8-9-17-14(2,3)4/h12-13,15H,5-11H2,1-4H3. The molecule has 0 aromatic rings. The number of hydrogen-bond donors (Lipinski definition) is 1. The van der Waals surface area contributed by atoms with E-state index >= 15 is 0 Å². The first-order valence-electron chi connectivity index (χ1n) is 7.09. The van der Waals surface area contributed by atoms with Crippen molar-refractivity contribution in [1.82, 2.24) is 5.32 Å². The van der Waals surface area contributed by atoms with Crippen LogP contribution in [0.15, 0.2) is 0 Å². The third-order valence-electron chi connectivity index (χ3n) is 2.88. The molecular formula is C14H29NO3. The van der Waals surface area contributed by atoms with Crippen molar-refractivity contribution >= 4 is 0 Å². The largest absolute Gasteiger partial charge is 0.376 e. The fourth-order valence-corrected chi connectivity index (χ4v) is 1.98. The van der Waals surface area contributed by atoms with Gasteiger partial charge in [-0.05, 0) is 40.2 Å². The second-order valence-corrected chi connectivity index (χ2v) is 5.80. The van der Waals surface area contributed by atoms with Crippen LogP contribution in [0.2, 0.25) is 0 Å². The predicted molar refractivity (Wildman–Crippen MR) is 73.0 cm³/mol. The lowest BCUT2D eigenvalue weighted by Gasteiger charge is -2.20. The molecule has 1 heterocycles. The Morgan fingerprint density at radius 3 is 2.56 bits per heavy atom. The van der Waals surface area contributed by atoms with E-state index in [1.807, 2.05) is 0 Å². The van der Waals surface area contributed by atoms with Crippen molar-refractivity contribution in [1.29, 1.82) is 0 Å². The molecule has 4 heteroatoms. The molecule has 0 aromatic heterocycles. The highest BCUT2D eigenvalue weighted by atomic mass is 16.6. The van der Waals surface area contributed by atoms with Gasteiger partial charge in [0.05, 0.1) is 37.6 Å². The molecule has 0 bridgehead atoms. The van der Waals surface area contributed by atoms with Crippen LogP contribution in [0.25, 0.3) is 0 Å². The van der Waals surface area contributed by atoms with Gasteiger partial charge in [0.1, 0.15) is 0 Å². The quantitative estimate of drug-likeness (QED) is 0.677. The summed E-state index contributed by atoms with van der Waals surface area (Å²) in [5, 5.41) is 3.32. The molecule has 1 aliphatic rings. The highest BCUT2D eigenvalue weighted by Crippen LogP contribution is 2.19. The summed E-state index contributed by atoms with van der Waals surface area (Å²) in [5.74, 6) is 0. The summed E-state index contributed by atoms with van der Waals surface area (Å²) in [7, 11) is 0. The van der Waals surface area contributed by atoms with Crippen LogP contribution in [-0.2, 0) is 14.2 Å². The van der Waals surface area contributed by atoms with E-state index in [9.17, 15) is 0 Å². The highest BCUT2D eigenvalue weighted by molar-refractivity contribution is 4.74. The molecule has 0 amide bonds. The summed E-state index contributed by atoms with van der Waals surface area (Å²) in [6, 6.07) is 0. The van der Waals surface area contributed by atoms with E-state index < -0.39 is 0 Å². The van der Waals surface area contributed by atoms with Crippen LogP contribution >= 0.6 is 0 Å². The summed E-state index contributed by atoms with van der Waals surface area (Å²) in [6.07, 6.45) is 2.88. The van der Waals surface area contributed by atoms with Crippen LogP contribution in [0.3, 0.4) is 0 Å². The third-order valence-corrected chi connectivity index (χ3v) is 2.88. The first kappa shape index (κ1) is 15.9. The first-order valence-corrected chi connectivity index (χ1v) is 7.09. The Balaban J connectivity index is 1.97. The molecular weight excluding hydrogens is 230 g/mol. The van der Waals surface area contributed by atoms with E-state index in [1.165, 1.54) is 0 Å². The Morgan fingerprint density at radius 1 is 1.17 bits per heavy atom. The minimum atomic E-state index is -0.0792. The van der Waals surface area contributed by atoms with Crippen LogP contribution in [0.5, 0.6) is 0 Å². The minimum Gasteiger partial charge on any atom is -0.376 e. The molecule has 108 valence electrons. The topological polar surface area (TPSA) is 39.7 Å². The minimum absolute atomic E-state index is 0.0792. The van der Waals surface area contributed by atoms with Gasteiger partial charge in [0, 0.05) is 6.54 Å². The molecule has 0 saturated carbocycles. The maximum Gasteiger partial charge on any atom is 0.0813 e. The van der Waals surface area contributed by atoms with Crippen molar-refractivity contribution in [3.63, 3.8) is 0 Å². The number of hydrogen-bond acceptors (Lipinski definition) is 4.